The molecule has 0 saturated heterocycles. The second-order valence-electron chi connectivity index (χ2n) is 3.97. The molecule has 0 heterocycles. The van der Waals surface area contributed by atoms with Crippen LogP contribution in [0.3, 0.4) is 0 Å². The van der Waals surface area contributed by atoms with Crippen molar-refractivity contribution in [3.63, 3.8) is 0 Å². The summed E-state index contributed by atoms with van der Waals surface area (Å²) in [6, 6.07) is 5.90. The van der Waals surface area contributed by atoms with E-state index in [0.29, 0.717) is 10.0 Å². The summed E-state index contributed by atoms with van der Waals surface area (Å²) in [7, 11) is 0. The van der Waals surface area contributed by atoms with E-state index in [4.69, 9.17) is 28.3 Å². The van der Waals surface area contributed by atoms with Crippen molar-refractivity contribution in [2.45, 2.75) is 32.4 Å². The normalized spacial score (nSPS) is 14.8. The summed E-state index contributed by atoms with van der Waals surface area (Å²) in [5.41, 5.74) is 1.02. The van der Waals surface area contributed by atoms with E-state index >= 15 is 0 Å². The average molecular weight is 262 g/mol. The molecule has 0 spiro atoms. The number of aliphatic hydroxyl groups is 1. The van der Waals surface area contributed by atoms with Gasteiger partial charge in [-0.25, -0.2) is 0 Å². The van der Waals surface area contributed by atoms with Gasteiger partial charge in [0.1, 0.15) is 0 Å². The van der Waals surface area contributed by atoms with Gasteiger partial charge in [-0.2, -0.15) is 0 Å². The van der Waals surface area contributed by atoms with Crippen LogP contribution in [0, 0.1) is 0 Å². The van der Waals surface area contributed by atoms with Gasteiger partial charge in [0.15, 0.2) is 0 Å². The lowest BCUT2D eigenvalue weighted by Crippen LogP contribution is -2.29. The highest BCUT2D eigenvalue weighted by Gasteiger charge is 2.12. The summed E-state index contributed by atoms with van der Waals surface area (Å²) in [5.74, 6) is 0. The maximum Gasteiger partial charge on any atom is 0.0468 e. The van der Waals surface area contributed by atoms with Crippen LogP contribution < -0.4 is 5.32 Å². The first-order chi connectivity index (χ1) is 7.54. The Hall–Kier alpha value is -0.280. The topological polar surface area (TPSA) is 32.3 Å². The largest absolute Gasteiger partial charge is 0.396 e. The first kappa shape index (κ1) is 13.8. The van der Waals surface area contributed by atoms with Crippen molar-refractivity contribution < 1.29 is 5.11 Å². The molecule has 4 heteroatoms. The predicted molar refractivity (Wildman–Crippen MR) is 69.2 cm³/mol. The van der Waals surface area contributed by atoms with Crippen LogP contribution >= 0.6 is 23.2 Å². The van der Waals surface area contributed by atoms with Gasteiger partial charge in [-0.1, -0.05) is 29.3 Å². The first-order valence-electron chi connectivity index (χ1n) is 5.36. The van der Waals surface area contributed by atoms with Gasteiger partial charge in [0.2, 0.25) is 0 Å². The monoisotopic (exact) mass is 261 g/mol. The number of benzene rings is 1. The van der Waals surface area contributed by atoms with Gasteiger partial charge in [-0.15, -0.1) is 0 Å². The Bertz CT molecular complexity index is 344. The number of nitrogens with one attached hydrogen (secondary N) is 1. The Labute approximate surface area is 107 Å². The molecule has 0 aliphatic heterocycles. The minimum absolute atomic E-state index is 0.145. The number of halogens is 2. The molecule has 0 radical (unpaired) electrons. The van der Waals surface area contributed by atoms with Crippen LogP contribution in [0.5, 0.6) is 0 Å². The van der Waals surface area contributed by atoms with E-state index in [1.807, 2.05) is 26.0 Å². The number of hydrogen-bond donors (Lipinski definition) is 2. The predicted octanol–water partition coefficient (Wildman–Crippen LogP) is 3.41. The lowest BCUT2D eigenvalue weighted by molar-refractivity contribution is 0.264. The van der Waals surface area contributed by atoms with Crippen LogP contribution in [-0.4, -0.2) is 17.8 Å². The zero-order valence-corrected chi connectivity index (χ0v) is 11.0. The molecule has 16 heavy (non-hydrogen) atoms. The van der Waals surface area contributed by atoms with Gasteiger partial charge in [0.25, 0.3) is 0 Å². The quantitative estimate of drug-likeness (QED) is 0.852. The van der Waals surface area contributed by atoms with Crippen LogP contribution in [0.1, 0.15) is 31.9 Å². The number of aliphatic hydroxyl groups excluding tert-OH is 1. The third kappa shape index (κ3) is 3.95. The summed E-state index contributed by atoms with van der Waals surface area (Å²) < 4.78 is 0. The molecule has 1 aromatic carbocycles. The second kappa shape index (κ2) is 6.45. The van der Waals surface area contributed by atoms with E-state index < -0.39 is 0 Å². The highest BCUT2D eigenvalue weighted by Crippen LogP contribution is 2.26. The third-order valence-electron chi connectivity index (χ3n) is 2.53. The van der Waals surface area contributed by atoms with Crippen molar-refractivity contribution in [3.8, 4) is 0 Å². The summed E-state index contributed by atoms with van der Waals surface area (Å²) in [4.78, 5) is 0. The molecule has 2 nitrogen and oxygen atoms in total. The van der Waals surface area contributed by atoms with Crippen LogP contribution in [0.15, 0.2) is 18.2 Å². The molecule has 1 unspecified atom stereocenters. The molecule has 0 aliphatic rings. The summed E-state index contributed by atoms with van der Waals surface area (Å²) in [6.45, 7) is 4.27. The lowest BCUT2D eigenvalue weighted by Gasteiger charge is -2.20. The van der Waals surface area contributed by atoms with Crippen LogP contribution in [0.2, 0.25) is 10.0 Å². The van der Waals surface area contributed by atoms with Gasteiger partial charge in [0, 0.05) is 28.7 Å². The van der Waals surface area contributed by atoms with E-state index in [-0.39, 0.29) is 18.7 Å². The van der Waals surface area contributed by atoms with Crippen LogP contribution in [-0.2, 0) is 0 Å². The zero-order chi connectivity index (χ0) is 12.1. The van der Waals surface area contributed by atoms with Crippen molar-refractivity contribution in [2.75, 3.05) is 6.61 Å². The summed E-state index contributed by atoms with van der Waals surface area (Å²) in [5, 5.41) is 13.5. The van der Waals surface area contributed by atoms with Gasteiger partial charge in [0.05, 0.1) is 0 Å². The van der Waals surface area contributed by atoms with E-state index in [1.54, 1.807) is 6.07 Å². The average Bonchev–Trinajstić information content (AvgIpc) is 2.17. The van der Waals surface area contributed by atoms with E-state index in [9.17, 15) is 0 Å². The Kier molecular flexibility index (Phi) is 5.56. The molecule has 0 aromatic heterocycles. The minimum atomic E-state index is 0.145. The molecule has 0 bridgehead atoms. The van der Waals surface area contributed by atoms with Gasteiger partial charge in [-0.3, -0.25) is 0 Å². The molecule has 0 fully saturated rings. The summed E-state index contributed by atoms with van der Waals surface area (Å²) >= 11 is 12.0. The standard InChI is InChI=1S/C12H17Cl2NO/c1-8(5-6-16)15-9(2)11-4-3-10(13)7-12(11)14/h3-4,7-9,15-16H,5-6H2,1-2H3/t8-,9?/m1/s1. The first-order valence-corrected chi connectivity index (χ1v) is 6.12. The molecule has 0 saturated carbocycles. The van der Waals surface area contributed by atoms with Gasteiger partial charge < -0.3 is 10.4 Å². The number of rotatable bonds is 5. The van der Waals surface area contributed by atoms with Crippen LogP contribution in [0.4, 0.5) is 0 Å². The maximum absolute atomic E-state index is 8.83. The van der Waals surface area contributed by atoms with E-state index in [0.717, 1.165) is 12.0 Å². The molecule has 0 amide bonds. The Morgan fingerprint density at radius 1 is 1.31 bits per heavy atom. The van der Waals surface area contributed by atoms with Crippen LogP contribution in [0.25, 0.3) is 0 Å². The molecule has 2 atom stereocenters. The van der Waals surface area contributed by atoms with Gasteiger partial charge >= 0.3 is 0 Å². The molecule has 90 valence electrons. The fourth-order valence-corrected chi connectivity index (χ4v) is 2.22. The summed E-state index contributed by atoms with van der Waals surface area (Å²) in [6.07, 6.45) is 0.732. The van der Waals surface area contributed by atoms with Crippen molar-refractivity contribution >= 4 is 23.2 Å². The molecule has 0 aliphatic carbocycles. The molecule has 1 aromatic rings. The smallest absolute Gasteiger partial charge is 0.0468 e. The Balaban J connectivity index is 2.69. The highest BCUT2D eigenvalue weighted by molar-refractivity contribution is 6.35. The zero-order valence-electron chi connectivity index (χ0n) is 9.50. The molecule has 1 rings (SSSR count). The maximum atomic E-state index is 8.83. The van der Waals surface area contributed by atoms with Crippen molar-refractivity contribution in [3.05, 3.63) is 33.8 Å². The van der Waals surface area contributed by atoms with Crippen molar-refractivity contribution in [1.29, 1.82) is 0 Å². The molecule has 2 N–H and O–H groups in total. The third-order valence-corrected chi connectivity index (χ3v) is 3.09. The SMILES string of the molecule is CC(N[C@H](C)CCO)c1ccc(Cl)cc1Cl. The highest BCUT2D eigenvalue weighted by atomic mass is 35.5. The molecular weight excluding hydrogens is 245 g/mol. The molecular formula is C12H17Cl2NO. The van der Waals surface area contributed by atoms with E-state index in [1.165, 1.54) is 0 Å². The second-order valence-corrected chi connectivity index (χ2v) is 4.81. The fraction of sp³-hybridized carbons (Fsp3) is 0.500. The van der Waals surface area contributed by atoms with Crippen molar-refractivity contribution in [2.24, 2.45) is 0 Å². The van der Waals surface area contributed by atoms with Crippen molar-refractivity contribution in [1.82, 2.24) is 5.32 Å². The Morgan fingerprint density at radius 2 is 2.00 bits per heavy atom. The van der Waals surface area contributed by atoms with E-state index in [2.05, 4.69) is 5.32 Å². The van der Waals surface area contributed by atoms with Gasteiger partial charge in [-0.05, 0) is 38.0 Å². The lowest BCUT2D eigenvalue weighted by atomic mass is 10.1. The Morgan fingerprint density at radius 3 is 2.56 bits per heavy atom. The minimum Gasteiger partial charge on any atom is -0.396 e. The number of hydrogen-bond acceptors (Lipinski definition) is 2. The fourth-order valence-electron chi connectivity index (χ4n) is 1.65.